The second-order valence-electron chi connectivity index (χ2n) is 4.40. The van der Waals surface area contributed by atoms with Gasteiger partial charge in [0.25, 0.3) is 0 Å². The molecule has 1 aliphatic rings. The molecule has 1 aliphatic heterocycles. The van der Waals surface area contributed by atoms with E-state index in [0.29, 0.717) is 0 Å². The summed E-state index contributed by atoms with van der Waals surface area (Å²) >= 11 is 1.76. The summed E-state index contributed by atoms with van der Waals surface area (Å²) in [4.78, 5) is 8.24. The Hall–Kier alpha value is -1.47. The van der Waals surface area contributed by atoms with Gasteiger partial charge in [-0.2, -0.15) is 0 Å². The van der Waals surface area contributed by atoms with E-state index in [2.05, 4.69) is 36.9 Å². The third-order valence-corrected chi connectivity index (χ3v) is 4.35. The Balaban J connectivity index is 1.82. The Bertz CT molecular complexity index is 545. The monoisotopic (exact) mass is 264 g/mol. The zero-order valence-corrected chi connectivity index (χ0v) is 11.4. The summed E-state index contributed by atoms with van der Waals surface area (Å²) in [6, 6.07) is 0. The van der Waals surface area contributed by atoms with Crippen LogP contribution >= 0.6 is 11.3 Å². The number of rotatable bonds is 3. The molecule has 6 nitrogen and oxygen atoms in total. The molecule has 0 spiro atoms. The van der Waals surface area contributed by atoms with Crippen molar-refractivity contribution in [3.63, 3.8) is 0 Å². The van der Waals surface area contributed by atoms with Crippen LogP contribution in [0.2, 0.25) is 0 Å². The molecule has 0 unspecified atom stereocenters. The SMILES string of the molecule is CNCc1sc(N2CCn3cnnc3C2)nc1C. The van der Waals surface area contributed by atoms with Gasteiger partial charge in [-0.25, -0.2) is 4.98 Å². The fraction of sp³-hybridized carbons (Fsp3) is 0.545. The maximum atomic E-state index is 4.66. The average molecular weight is 264 g/mol. The Morgan fingerprint density at radius 2 is 2.33 bits per heavy atom. The van der Waals surface area contributed by atoms with Crippen LogP contribution in [0.4, 0.5) is 5.13 Å². The van der Waals surface area contributed by atoms with Crippen LogP contribution in [0.25, 0.3) is 0 Å². The van der Waals surface area contributed by atoms with Crippen LogP contribution in [0.3, 0.4) is 0 Å². The largest absolute Gasteiger partial charge is 0.339 e. The molecule has 0 saturated carbocycles. The van der Waals surface area contributed by atoms with Gasteiger partial charge in [-0.05, 0) is 14.0 Å². The highest BCUT2D eigenvalue weighted by Crippen LogP contribution is 2.28. The number of aryl methyl sites for hydroxylation is 1. The van der Waals surface area contributed by atoms with Gasteiger partial charge in [0.05, 0.1) is 12.2 Å². The van der Waals surface area contributed by atoms with E-state index < -0.39 is 0 Å². The van der Waals surface area contributed by atoms with E-state index >= 15 is 0 Å². The maximum Gasteiger partial charge on any atom is 0.186 e. The molecule has 0 fully saturated rings. The van der Waals surface area contributed by atoms with Crippen LogP contribution in [0.15, 0.2) is 6.33 Å². The molecule has 96 valence electrons. The third kappa shape index (κ3) is 1.99. The smallest absolute Gasteiger partial charge is 0.186 e. The fourth-order valence-electron chi connectivity index (χ4n) is 2.10. The summed E-state index contributed by atoms with van der Waals surface area (Å²) in [6.45, 7) is 5.65. The van der Waals surface area contributed by atoms with Gasteiger partial charge in [-0.3, -0.25) is 0 Å². The van der Waals surface area contributed by atoms with Crippen LogP contribution in [-0.4, -0.2) is 33.3 Å². The molecule has 2 aromatic heterocycles. The van der Waals surface area contributed by atoms with Gasteiger partial charge in [0.2, 0.25) is 0 Å². The van der Waals surface area contributed by atoms with Gasteiger partial charge in [-0.1, -0.05) is 0 Å². The molecule has 2 aromatic rings. The van der Waals surface area contributed by atoms with Crippen molar-refractivity contribution in [1.29, 1.82) is 0 Å². The molecule has 0 radical (unpaired) electrons. The second kappa shape index (κ2) is 4.66. The lowest BCUT2D eigenvalue weighted by atomic mass is 10.4. The molecular weight excluding hydrogens is 248 g/mol. The molecule has 0 aromatic carbocycles. The average Bonchev–Trinajstić information content (AvgIpc) is 2.96. The van der Waals surface area contributed by atoms with E-state index in [9.17, 15) is 0 Å². The van der Waals surface area contributed by atoms with Crippen LogP contribution in [-0.2, 0) is 19.6 Å². The van der Waals surface area contributed by atoms with E-state index in [4.69, 9.17) is 0 Å². The molecular formula is C11H16N6S. The van der Waals surface area contributed by atoms with E-state index in [-0.39, 0.29) is 0 Å². The summed E-state index contributed by atoms with van der Waals surface area (Å²) in [5, 5.41) is 12.3. The quantitative estimate of drug-likeness (QED) is 0.888. The topological polar surface area (TPSA) is 58.9 Å². The van der Waals surface area contributed by atoms with Gasteiger partial charge in [0.1, 0.15) is 6.33 Å². The van der Waals surface area contributed by atoms with Crippen LogP contribution in [0, 0.1) is 6.92 Å². The molecule has 3 rings (SSSR count). The molecule has 0 atom stereocenters. The first kappa shape index (κ1) is 11.6. The minimum absolute atomic E-state index is 0.798. The molecule has 3 heterocycles. The minimum atomic E-state index is 0.798. The van der Waals surface area contributed by atoms with E-state index in [1.807, 2.05) is 7.05 Å². The predicted molar refractivity (Wildman–Crippen MR) is 70.7 cm³/mol. The summed E-state index contributed by atoms with van der Waals surface area (Å²) in [7, 11) is 1.96. The normalized spacial score (nSPS) is 14.9. The molecule has 18 heavy (non-hydrogen) atoms. The van der Waals surface area contributed by atoms with Crippen molar-refractivity contribution in [3.8, 4) is 0 Å². The first-order valence-electron chi connectivity index (χ1n) is 6.00. The van der Waals surface area contributed by atoms with Crippen molar-refractivity contribution >= 4 is 16.5 Å². The number of nitrogens with zero attached hydrogens (tertiary/aromatic N) is 5. The highest BCUT2D eigenvalue weighted by Gasteiger charge is 2.20. The number of fused-ring (bicyclic) bond motifs is 1. The van der Waals surface area contributed by atoms with Crippen LogP contribution in [0.5, 0.6) is 0 Å². The number of anilines is 1. The van der Waals surface area contributed by atoms with Crippen molar-refractivity contribution in [2.45, 2.75) is 26.6 Å². The van der Waals surface area contributed by atoms with E-state index in [1.165, 1.54) is 4.88 Å². The second-order valence-corrected chi connectivity index (χ2v) is 5.46. The Kier molecular flexibility index (Phi) is 3.00. The van der Waals surface area contributed by atoms with Crippen LogP contribution < -0.4 is 10.2 Å². The number of hydrogen-bond donors (Lipinski definition) is 1. The third-order valence-electron chi connectivity index (χ3n) is 3.13. The standard InChI is InChI=1S/C11H16N6S/c1-8-9(5-12-2)18-11(14-8)16-3-4-17-7-13-15-10(17)6-16/h7,12H,3-6H2,1-2H3. The Morgan fingerprint density at radius 1 is 1.44 bits per heavy atom. The van der Waals surface area contributed by atoms with Crippen molar-refractivity contribution in [2.75, 3.05) is 18.5 Å². The predicted octanol–water partition coefficient (Wildman–Crippen LogP) is 0.783. The highest BCUT2D eigenvalue weighted by atomic mass is 32.1. The van der Waals surface area contributed by atoms with Crippen LogP contribution in [0.1, 0.15) is 16.4 Å². The number of aromatic nitrogens is 4. The zero-order valence-electron chi connectivity index (χ0n) is 10.6. The Morgan fingerprint density at radius 3 is 3.17 bits per heavy atom. The van der Waals surface area contributed by atoms with Crippen molar-refractivity contribution in [3.05, 3.63) is 22.7 Å². The lowest BCUT2D eigenvalue weighted by Crippen LogP contribution is -2.33. The van der Waals surface area contributed by atoms with Gasteiger partial charge >= 0.3 is 0 Å². The molecule has 7 heteroatoms. The first-order chi connectivity index (χ1) is 8.78. The van der Waals surface area contributed by atoms with Gasteiger partial charge < -0.3 is 14.8 Å². The van der Waals surface area contributed by atoms with Crippen molar-refractivity contribution in [1.82, 2.24) is 25.1 Å². The van der Waals surface area contributed by atoms with E-state index in [0.717, 1.165) is 42.8 Å². The summed E-state index contributed by atoms with van der Waals surface area (Å²) in [5.74, 6) is 1.02. The zero-order chi connectivity index (χ0) is 12.5. The lowest BCUT2D eigenvalue weighted by Gasteiger charge is -2.26. The molecule has 1 N–H and O–H groups in total. The van der Waals surface area contributed by atoms with Gasteiger partial charge in [0, 0.05) is 24.5 Å². The van der Waals surface area contributed by atoms with Crippen molar-refractivity contribution in [2.24, 2.45) is 0 Å². The highest BCUT2D eigenvalue weighted by molar-refractivity contribution is 7.15. The summed E-state index contributed by atoms with van der Waals surface area (Å²) < 4.78 is 2.10. The minimum Gasteiger partial charge on any atom is -0.339 e. The Labute approximate surface area is 110 Å². The van der Waals surface area contributed by atoms with Crippen molar-refractivity contribution < 1.29 is 0 Å². The van der Waals surface area contributed by atoms with Gasteiger partial charge in [-0.15, -0.1) is 21.5 Å². The lowest BCUT2D eigenvalue weighted by molar-refractivity contribution is 0.559. The fourth-order valence-corrected chi connectivity index (χ4v) is 3.20. The first-order valence-corrected chi connectivity index (χ1v) is 6.82. The number of hydrogen-bond acceptors (Lipinski definition) is 6. The summed E-state index contributed by atoms with van der Waals surface area (Å²) in [5.41, 5.74) is 1.12. The number of thiazole rings is 1. The van der Waals surface area contributed by atoms with Gasteiger partial charge in [0.15, 0.2) is 11.0 Å². The molecule has 0 saturated heterocycles. The number of nitrogens with one attached hydrogen (secondary N) is 1. The summed E-state index contributed by atoms with van der Waals surface area (Å²) in [6.07, 6.45) is 1.80. The molecule has 0 aliphatic carbocycles. The maximum absolute atomic E-state index is 4.66. The molecule has 0 amide bonds. The van der Waals surface area contributed by atoms with E-state index in [1.54, 1.807) is 17.7 Å². The molecule has 0 bridgehead atoms.